The van der Waals surface area contributed by atoms with Crippen LogP contribution in [-0.4, -0.2) is 20.9 Å². The zero-order valence-corrected chi connectivity index (χ0v) is 16.0. The van der Waals surface area contributed by atoms with Gasteiger partial charge in [0.2, 0.25) is 5.91 Å². The highest BCUT2D eigenvalue weighted by Crippen LogP contribution is 2.33. The summed E-state index contributed by atoms with van der Waals surface area (Å²) < 4.78 is 34.0. The summed E-state index contributed by atoms with van der Waals surface area (Å²) in [6.45, 7) is 2.32. The van der Waals surface area contributed by atoms with E-state index in [1.54, 1.807) is 24.3 Å². The van der Waals surface area contributed by atoms with Crippen molar-refractivity contribution in [3.63, 3.8) is 0 Å². The van der Waals surface area contributed by atoms with Gasteiger partial charge in [0.25, 0.3) is 10.0 Å². The second-order valence-corrected chi connectivity index (χ2v) is 7.76. The lowest BCUT2D eigenvalue weighted by atomic mass is 10.1. The Morgan fingerprint density at radius 3 is 2.48 bits per heavy atom. The van der Waals surface area contributed by atoms with Crippen LogP contribution in [0.3, 0.4) is 0 Å². The van der Waals surface area contributed by atoms with Gasteiger partial charge in [0.15, 0.2) is 0 Å². The first-order chi connectivity index (χ1) is 12.8. The lowest BCUT2D eigenvalue weighted by molar-refractivity contribution is 0.100. The number of nitrogens with one attached hydrogen (secondary N) is 1. The maximum Gasteiger partial charge on any atom is 0.262 e. The van der Waals surface area contributed by atoms with Gasteiger partial charge in [-0.2, -0.15) is 0 Å². The van der Waals surface area contributed by atoms with Crippen molar-refractivity contribution >= 4 is 44.0 Å². The molecule has 6 nitrogen and oxygen atoms in total. The molecular weight excluding hydrogens is 388 g/mol. The van der Waals surface area contributed by atoms with Crippen LogP contribution < -0.4 is 15.2 Å². The SMILES string of the molecule is CCOc1ccc(S(=O)(=O)Nc2cc(C(N)=O)ccc2Cl)c2ccccc12. The van der Waals surface area contributed by atoms with Crippen LogP contribution in [-0.2, 0) is 10.0 Å². The molecule has 0 heterocycles. The molecule has 3 aromatic carbocycles. The molecule has 3 N–H and O–H groups in total. The molecule has 0 aliphatic carbocycles. The number of hydrogen-bond acceptors (Lipinski definition) is 4. The summed E-state index contributed by atoms with van der Waals surface area (Å²) in [6.07, 6.45) is 0. The summed E-state index contributed by atoms with van der Waals surface area (Å²) in [5.41, 5.74) is 5.48. The van der Waals surface area contributed by atoms with Crippen LogP contribution in [0.15, 0.2) is 59.5 Å². The second-order valence-electron chi connectivity index (χ2n) is 5.70. The van der Waals surface area contributed by atoms with Crippen molar-refractivity contribution in [3.8, 4) is 5.75 Å². The quantitative estimate of drug-likeness (QED) is 0.652. The summed E-state index contributed by atoms with van der Waals surface area (Å²) in [6, 6.07) is 14.3. The molecule has 0 saturated carbocycles. The number of amides is 1. The van der Waals surface area contributed by atoms with Gasteiger partial charge in [0.1, 0.15) is 5.75 Å². The topological polar surface area (TPSA) is 98.5 Å². The Kier molecular flexibility index (Phi) is 5.25. The number of sulfonamides is 1. The number of carbonyl (C=O) groups excluding carboxylic acids is 1. The fraction of sp³-hybridized carbons (Fsp3) is 0.105. The number of ether oxygens (including phenoxy) is 1. The number of hydrogen-bond donors (Lipinski definition) is 2. The van der Waals surface area contributed by atoms with Crippen molar-refractivity contribution < 1.29 is 17.9 Å². The molecular formula is C19H17ClN2O4S. The molecule has 8 heteroatoms. The number of benzene rings is 3. The molecule has 27 heavy (non-hydrogen) atoms. The molecule has 0 fully saturated rings. The predicted octanol–water partition coefficient (Wildman–Crippen LogP) is 3.79. The fourth-order valence-electron chi connectivity index (χ4n) is 2.72. The van der Waals surface area contributed by atoms with Crippen molar-refractivity contribution in [1.82, 2.24) is 0 Å². The minimum atomic E-state index is -3.98. The van der Waals surface area contributed by atoms with Crippen LogP contribution in [0.5, 0.6) is 5.75 Å². The summed E-state index contributed by atoms with van der Waals surface area (Å²) >= 11 is 6.08. The van der Waals surface area contributed by atoms with E-state index in [1.165, 1.54) is 24.3 Å². The van der Waals surface area contributed by atoms with E-state index in [-0.39, 0.29) is 21.2 Å². The predicted molar refractivity (Wildman–Crippen MR) is 106 cm³/mol. The van der Waals surface area contributed by atoms with Gasteiger partial charge in [-0.05, 0) is 37.3 Å². The van der Waals surface area contributed by atoms with Crippen LogP contribution >= 0.6 is 11.6 Å². The molecule has 0 unspecified atom stereocenters. The van der Waals surface area contributed by atoms with E-state index in [0.717, 1.165) is 0 Å². The maximum absolute atomic E-state index is 13.0. The third-order valence-electron chi connectivity index (χ3n) is 3.93. The number of primary amides is 1. The molecule has 0 bridgehead atoms. The van der Waals surface area contributed by atoms with Crippen LogP contribution in [0.2, 0.25) is 5.02 Å². The van der Waals surface area contributed by atoms with Gasteiger partial charge in [0, 0.05) is 16.3 Å². The lowest BCUT2D eigenvalue weighted by Crippen LogP contribution is -2.16. The third kappa shape index (κ3) is 3.84. The van der Waals surface area contributed by atoms with Crippen LogP contribution in [0.1, 0.15) is 17.3 Å². The third-order valence-corrected chi connectivity index (χ3v) is 5.68. The Balaban J connectivity index is 2.10. The molecule has 0 aliphatic heterocycles. The van der Waals surface area contributed by atoms with Gasteiger partial charge in [0.05, 0.1) is 22.2 Å². The summed E-state index contributed by atoms with van der Waals surface area (Å²) in [4.78, 5) is 11.4. The molecule has 0 spiro atoms. The van der Waals surface area contributed by atoms with Gasteiger partial charge in [-0.3, -0.25) is 9.52 Å². The van der Waals surface area contributed by atoms with Crippen molar-refractivity contribution in [2.45, 2.75) is 11.8 Å². The number of rotatable bonds is 6. The van der Waals surface area contributed by atoms with Crippen LogP contribution in [0.4, 0.5) is 5.69 Å². The number of carbonyl (C=O) groups is 1. The van der Waals surface area contributed by atoms with E-state index >= 15 is 0 Å². The Morgan fingerprint density at radius 2 is 1.81 bits per heavy atom. The van der Waals surface area contributed by atoms with E-state index in [9.17, 15) is 13.2 Å². The molecule has 140 valence electrons. The molecule has 0 saturated heterocycles. The van der Waals surface area contributed by atoms with Crippen molar-refractivity contribution in [2.75, 3.05) is 11.3 Å². The highest BCUT2D eigenvalue weighted by atomic mass is 35.5. The monoisotopic (exact) mass is 404 g/mol. The van der Waals surface area contributed by atoms with Gasteiger partial charge in [-0.15, -0.1) is 0 Å². The summed E-state index contributed by atoms with van der Waals surface area (Å²) in [7, 11) is -3.98. The smallest absolute Gasteiger partial charge is 0.262 e. The number of fused-ring (bicyclic) bond motifs is 1. The van der Waals surface area contributed by atoms with Crippen molar-refractivity contribution in [3.05, 3.63) is 65.2 Å². The lowest BCUT2D eigenvalue weighted by Gasteiger charge is -2.14. The average Bonchev–Trinajstić information content (AvgIpc) is 2.63. The Morgan fingerprint density at radius 1 is 1.11 bits per heavy atom. The van der Waals surface area contributed by atoms with E-state index < -0.39 is 15.9 Å². The Labute approximate surface area is 161 Å². The van der Waals surface area contributed by atoms with Crippen LogP contribution in [0.25, 0.3) is 10.8 Å². The van der Waals surface area contributed by atoms with Crippen molar-refractivity contribution in [2.24, 2.45) is 5.73 Å². The van der Waals surface area contributed by atoms with E-state index in [2.05, 4.69) is 4.72 Å². The second kappa shape index (κ2) is 7.46. The van der Waals surface area contributed by atoms with Crippen molar-refractivity contribution in [1.29, 1.82) is 0 Å². The Bertz CT molecular complexity index is 1130. The van der Waals surface area contributed by atoms with Gasteiger partial charge in [-0.1, -0.05) is 35.9 Å². The largest absolute Gasteiger partial charge is 0.493 e. The highest BCUT2D eigenvalue weighted by Gasteiger charge is 2.21. The Hall–Kier alpha value is -2.77. The molecule has 0 atom stereocenters. The first-order valence-electron chi connectivity index (χ1n) is 8.10. The van der Waals surface area contributed by atoms with Gasteiger partial charge in [-0.25, -0.2) is 8.42 Å². The minimum Gasteiger partial charge on any atom is -0.493 e. The van der Waals surface area contributed by atoms with E-state index in [4.69, 9.17) is 22.1 Å². The minimum absolute atomic E-state index is 0.0714. The zero-order chi connectivity index (χ0) is 19.6. The first-order valence-corrected chi connectivity index (χ1v) is 9.96. The van der Waals surface area contributed by atoms with E-state index in [0.29, 0.717) is 23.1 Å². The maximum atomic E-state index is 13.0. The average molecular weight is 405 g/mol. The van der Waals surface area contributed by atoms with E-state index in [1.807, 2.05) is 13.0 Å². The first kappa shape index (κ1) is 19.0. The zero-order valence-electron chi connectivity index (χ0n) is 14.4. The van der Waals surface area contributed by atoms with Gasteiger partial charge >= 0.3 is 0 Å². The summed E-state index contributed by atoms with van der Waals surface area (Å²) in [5, 5.41) is 1.34. The molecule has 0 aliphatic rings. The molecule has 0 radical (unpaired) electrons. The molecule has 1 amide bonds. The summed E-state index contributed by atoms with van der Waals surface area (Å²) in [5.74, 6) is -0.0839. The van der Waals surface area contributed by atoms with Gasteiger partial charge < -0.3 is 10.5 Å². The highest BCUT2D eigenvalue weighted by molar-refractivity contribution is 7.93. The molecule has 3 aromatic rings. The normalized spacial score (nSPS) is 11.3. The number of nitrogens with two attached hydrogens (primary N) is 1. The molecule has 0 aromatic heterocycles. The standard InChI is InChI=1S/C19H17ClN2O4S/c1-2-26-17-9-10-18(14-6-4-3-5-13(14)17)27(24,25)22-16-11-12(19(21)23)7-8-15(16)20/h3-11,22H,2H2,1H3,(H2,21,23). The number of anilines is 1. The van der Waals surface area contributed by atoms with Crippen LogP contribution in [0, 0.1) is 0 Å². The number of halogens is 1. The fourth-order valence-corrected chi connectivity index (χ4v) is 4.22. The molecule has 3 rings (SSSR count).